The second-order valence-electron chi connectivity index (χ2n) is 6.62. The number of nitrogens with zero attached hydrogens (tertiary/aromatic N) is 1. The zero-order chi connectivity index (χ0) is 15.9. The largest absolute Gasteiger partial charge is 0.377 e. The van der Waals surface area contributed by atoms with Crippen molar-refractivity contribution in [1.29, 1.82) is 0 Å². The first-order chi connectivity index (χ1) is 9.87. The van der Waals surface area contributed by atoms with Crippen molar-refractivity contribution in [2.45, 2.75) is 71.1 Å². The Morgan fingerprint density at radius 3 is 2.81 bits per heavy atom. The van der Waals surface area contributed by atoms with Crippen molar-refractivity contribution >= 4 is 5.91 Å². The number of hydrogen-bond acceptors (Lipinski definition) is 4. The molecule has 1 rings (SSSR count). The summed E-state index contributed by atoms with van der Waals surface area (Å²) in [6, 6.07) is 0.250. The summed E-state index contributed by atoms with van der Waals surface area (Å²) in [5.74, 6) is -0.262. The van der Waals surface area contributed by atoms with E-state index in [-0.39, 0.29) is 11.9 Å². The Bertz CT molecular complexity index is 321. The van der Waals surface area contributed by atoms with Crippen LogP contribution in [0.2, 0.25) is 0 Å². The van der Waals surface area contributed by atoms with Gasteiger partial charge in [-0.2, -0.15) is 0 Å². The number of nitrogens with two attached hydrogens (primary N) is 1. The number of ether oxygens (including phenoxy) is 1. The predicted octanol–water partition coefficient (Wildman–Crippen LogP) is 1.51. The Balaban J connectivity index is 2.38. The summed E-state index contributed by atoms with van der Waals surface area (Å²) < 4.78 is 5.72. The smallest absolute Gasteiger partial charge is 0.237 e. The molecule has 0 bridgehead atoms. The lowest BCUT2D eigenvalue weighted by atomic mass is 9.93. The molecule has 0 spiro atoms. The molecule has 0 aromatic heterocycles. The topological polar surface area (TPSA) is 67.6 Å². The number of primary amides is 1. The summed E-state index contributed by atoms with van der Waals surface area (Å²) in [5, 5.41) is 3.30. The molecule has 1 heterocycles. The molecule has 1 aliphatic rings. The fourth-order valence-corrected chi connectivity index (χ4v) is 3.15. The molecule has 5 heteroatoms. The van der Waals surface area contributed by atoms with Crippen LogP contribution in [0.15, 0.2) is 0 Å². The summed E-state index contributed by atoms with van der Waals surface area (Å²) in [6.07, 6.45) is 4.48. The molecule has 1 aliphatic heterocycles. The van der Waals surface area contributed by atoms with Gasteiger partial charge in [0.2, 0.25) is 5.91 Å². The maximum absolute atomic E-state index is 11.7. The average molecular weight is 299 g/mol. The minimum atomic E-state index is -0.608. The van der Waals surface area contributed by atoms with E-state index in [9.17, 15) is 4.79 Å². The van der Waals surface area contributed by atoms with E-state index in [1.807, 2.05) is 20.8 Å². The SMILES string of the molecule is CCOC1CCCN(CCCC(C)(NC(C)C)C(N)=O)C1. The Hall–Kier alpha value is -0.650. The van der Waals surface area contributed by atoms with Crippen LogP contribution in [0.4, 0.5) is 0 Å². The lowest BCUT2D eigenvalue weighted by Gasteiger charge is -2.34. The first kappa shape index (κ1) is 18.4. The van der Waals surface area contributed by atoms with Gasteiger partial charge in [0.05, 0.1) is 11.6 Å². The van der Waals surface area contributed by atoms with Crippen LogP contribution in [0, 0.1) is 0 Å². The van der Waals surface area contributed by atoms with Gasteiger partial charge in [0.15, 0.2) is 0 Å². The molecule has 0 saturated carbocycles. The Morgan fingerprint density at radius 2 is 2.24 bits per heavy atom. The normalized spacial score (nSPS) is 23.2. The second-order valence-corrected chi connectivity index (χ2v) is 6.62. The lowest BCUT2D eigenvalue weighted by Crippen LogP contribution is -2.55. The molecule has 0 aliphatic carbocycles. The predicted molar refractivity (Wildman–Crippen MR) is 86.2 cm³/mol. The van der Waals surface area contributed by atoms with Gasteiger partial charge in [-0.25, -0.2) is 0 Å². The van der Waals surface area contributed by atoms with Crippen LogP contribution in [0.1, 0.15) is 53.4 Å². The van der Waals surface area contributed by atoms with Gasteiger partial charge >= 0.3 is 0 Å². The first-order valence-corrected chi connectivity index (χ1v) is 8.29. The third kappa shape index (κ3) is 6.32. The summed E-state index contributed by atoms with van der Waals surface area (Å²) in [4.78, 5) is 14.1. The molecule has 2 unspecified atom stereocenters. The van der Waals surface area contributed by atoms with E-state index in [0.717, 1.165) is 45.5 Å². The molecule has 124 valence electrons. The molecule has 2 atom stereocenters. The van der Waals surface area contributed by atoms with Gasteiger partial charge in [0, 0.05) is 19.2 Å². The van der Waals surface area contributed by atoms with Crippen molar-refractivity contribution < 1.29 is 9.53 Å². The number of likely N-dealkylation sites (tertiary alicyclic amines) is 1. The summed E-state index contributed by atoms with van der Waals surface area (Å²) in [5.41, 5.74) is 4.96. The Kier molecular flexibility index (Phi) is 7.63. The highest BCUT2D eigenvalue weighted by atomic mass is 16.5. The first-order valence-electron chi connectivity index (χ1n) is 8.29. The van der Waals surface area contributed by atoms with Crippen molar-refractivity contribution in [2.24, 2.45) is 5.73 Å². The van der Waals surface area contributed by atoms with Crippen LogP contribution in [0.3, 0.4) is 0 Å². The van der Waals surface area contributed by atoms with E-state index in [0.29, 0.717) is 6.10 Å². The molecule has 1 fully saturated rings. The van der Waals surface area contributed by atoms with E-state index in [4.69, 9.17) is 10.5 Å². The van der Waals surface area contributed by atoms with E-state index in [2.05, 4.69) is 17.1 Å². The van der Waals surface area contributed by atoms with Gasteiger partial charge in [0.1, 0.15) is 0 Å². The molecule has 0 aromatic carbocycles. The third-order valence-corrected chi connectivity index (χ3v) is 4.17. The van der Waals surface area contributed by atoms with Crippen molar-refractivity contribution in [3.05, 3.63) is 0 Å². The highest BCUT2D eigenvalue weighted by Gasteiger charge is 2.31. The van der Waals surface area contributed by atoms with Gasteiger partial charge < -0.3 is 20.7 Å². The molecule has 1 saturated heterocycles. The van der Waals surface area contributed by atoms with Gasteiger partial charge in [-0.05, 0) is 66.5 Å². The highest BCUT2D eigenvalue weighted by molar-refractivity contribution is 5.84. The Labute approximate surface area is 129 Å². The molecule has 5 nitrogen and oxygen atoms in total. The monoisotopic (exact) mass is 299 g/mol. The Morgan fingerprint density at radius 1 is 1.52 bits per heavy atom. The average Bonchev–Trinajstić information content (AvgIpc) is 2.38. The number of amides is 1. The molecule has 0 radical (unpaired) electrons. The van der Waals surface area contributed by atoms with Crippen LogP contribution in [-0.4, -0.2) is 54.7 Å². The van der Waals surface area contributed by atoms with Crippen LogP contribution >= 0.6 is 0 Å². The quantitative estimate of drug-likeness (QED) is 0.677. The molecule has 0 aromatic rings. The third-order valence-electron chi connectivity index (χ3n) is 4.17. The van der Waals surface area contributed by atoms with E-state index >= 15 is 0 Å². The van der Waals surface area contributed by atoms with Crippen LogP contribution in [0.25, 0.3) is 0 Å². The molecular formula is C16H33N3O2. The van der Waals surface area contributed by atoms with Crippen molar-refractivity contribution in [2.75, 3.05) is 26.2 Å². The van der Waals surface area contributed by atoms with Crippen molar-refractivity contribution in [3.8, 4) is 0 Å². The fraction of sp³-hybridized carbons (Fsp3) is 0.938. The number of carbonyl (C=O) groups excluding carboxylic acids is 1. The zero-order valence-corrected chi connectivity index (χ0v) is 14.2. The van der Waals surface area contributed by atoms with Crippen LogP contribution in [-0.2, 0) is 9.53 Å². The molecule has 21 heavy (non-hydrogen) atoms. The second kappa shape index (κ2) is 8.71. The maximum atomic E-state index is 11.7. The molecular weight excluding hydrogens is 266 g/mol. The van der Waals surface area contributed by atoms with Gasteiger partial charge in [-0.1, -0.05) is 0 Å². The van der Waals surface area contributed by atoms with E-state index < -0.39 is 5.54 Å². The van der Waals surface area contributed by atoms with Crippen molar-refractivity contribution in [3.63, 3.8) is 0 Å². The summed E-state index contributed by atoms with van der Waals surface area (Å²) >= 11 is 0. The highest BCUT2D eigenvalue weighted by Crippen LogP contribution is 2.17. The summed E-state index contributed by atoms with van der Waals surface area (Å²) in [7, 11) is 0. The van der Waals surface area contributed by atoms with E-state index in [1.54, 1.807) is 0 Å². The van der Waals surface area contributed by atoms with Gasteiger partial charge in [-0.3, -0.25) is 4.79 Å². The number of hydrogen-bond donors (Lipinski definition) is 2. The van der Waals surface area contributed by atoms with Gasteiger partial charge in [-0.15, -0.1) is 0 Å². The lowest BCUT2D eigenvalue weighted by molar-refractivity contribution is -0.124. The van der Waals surface area contributed by atoms with Crippen LogP contribution < -0.4 is 11.1 Å². The zero-order valence-electron chi connectivity index (χ0n) is 14.2. The van der Waals surface area contributed by atoms with Crippen LogP contribution in [0.5, 0.6) is 0 Å². The summed E-state index contributed by atoms with van der Waals surface area (Å²) in [6.45, 7) is 12.0. The fourth-order valence-electron chi connectivity index (χ4n) is 3.15. The van der Waals surface area contributed by atoms with E-state index in [1.165, 1.54) is 6.42 Å². The number of rotatable bonds is 9. The minimum absolute atomic E-state index is 0.250. The number of nitrogens with one attached hydrogen (secondary N) is 1. The number of piperidine rings is 1. The minimum Gasteiger partial charge on any atom is -0.377 e. The van der Waals surface area contributed by atoms with Gasteiger partial charge in [0.25, 0.3) is 0 Å². The molecule has 3 N–H and O–H groups in total. The maximum Gasteiger partial charge on any atom is 0.237 e. The standard InChI is InChI=1S/C16H33N3O2/c1-5-21-14-8-6-10-19(12-14)11-7-9-16(4,15(17)20)18-13(2)3/h13-14,18H,5-12H2,1-4H3,(H2,17,20). The molecule has 1 amide bonds. The van der Waals surface area contributed by atoms with Crippen molar-refractivity contribution in [1.82, 2.24) is 10.2 Å². The number of carbonyl (C=O) groups is 1.